The van der Waals surface area contributed by atoms with E-state index >= 15 is 0 Å². The first-order valence-corrected chi connectivity index (χ1v) is 18.4. The number of rotatable bonds is 8. The number of aliphatic hydroxyl groups is 1. The minimum Gasteiger partial charge on any atom is -0.393 e. The van der Waals surface area contributed by atoms with Gasteiger partial charge in [0.15, 0.2) is 0 Å². The first-order chi connectivity index (χ1) is 22.1. The Hall–Kier alpha value is -2.35. The Labute approximate surface area is 278 Å². The van der Waals surface area contributed by atoms with Crippen LogP contribution < -0.4 is 10.0 Å². The second-order valence-electron chi connectivity index (χ2n) is 15.4. The van der Waals surface area contributed by atoms with E-state index < -0.39 is 56.8 Å². The standard InChI is InChI=1S/C34H46F6N2O5S/c1-19(26-7-8-27-25-6-5-20-15-23(43)10-12-31(20,2)28(25)11-13-32(26,27)3)4-9-29(44)41-18-30(45)42-48(46,47)24-16-21(33(35,36)37)14-22(17-24)34(38,39)40/h14,16-17,19-20,23,25-28,43H,4-13,15,18H2,1-3H3,(H,41,44)(H,42,45)/t19-,20-,23-,25+,26-,27+,28+,31+,32-/m1/s1. The summed E-state index contributed by atoms with van der Waals surface area (Å²) in [6.45, 7) is 6.19. The quantitative estimate of drug-likeness (QED) is 0.250. The molecule has 3 N–H and O–H groups in total. The van der Waals surface area contributed by atoms with Gasteiger partial charge in [-0.2, -0.15) is 26.3 Å². The number of benzene rings is 1. The number of alkyl halides is 6. The molecule has 48 heavy (non-hydrogen) atoms. The molecule has 4 fully saturated rings. The number of nitrogens with one attached hydrogen (secondary N) is 2. The fourth-order valence-corrected chi connectivity index (χ4v) is 11.4. The summed E-state index contributed by atoms with van der Waals surface area (Å²) < 4.78 is 106. The Balaban J connectivity index is 1.13. The van der Waals surface area contributed by atoms with E-state index in [2.05, 4.69) is 26.1 Å². The smallest absolute Gasteiger partial charge is 0.393 e. The van der Waals surface area contributed by atoms with E-state index in [0.29, 0.717) is 36.0 Å². The van der Waals surface area contributed by atoms with Crippen molar-refractivity contribution in [1.29, 1.82) is 0 Å². The van der Waals surface area contributed by atoms with Gasteiger partial charge in [-0.05, 0) is 129 Å². The summed E-state index contributed by atoms with van der Waals surface area (Å²) in [7, 11) is -5.11. The molecule has 0 saturated heterocycles. The lowest BCUT2D eigenvalue weighted by atomic mass is 9.44. The van der Waals surface area contributed by atoms with Crippen LogP contribution in [-0.2, 0) is 32.0 Å². The van der Waals surface area contributed by atoms with Crippen molar-refractivity contribution in [2.24, 2.45) is 46.3 Å². The number of carbonyl (C=O) groups is 2. The summed E-state index contributed by atoms with van der Waals surface area (Å²) in [6, 6.07) is -0.191. The Morgan fingerprint density at radius 1 is 0.875 bits per heavy atom. The molecule has 0 unspecified atom stereocenters. The van der Waals surface area contributed by atoms with Crippen molar-refractivity contribution in [2.75, 3.05) is 6.54 Å². The van der Waals surface area contributed by atoms with Gasteiger partial charge in [-0.15, -0.1) is 0 Å². The number of fused-ring (bicyclic) bond motifs is 5. The molecule has 1 aromatic carbocycles. The van der Waals surface area contributed by atoms with Gasteiger partial charge in [0.2, 0.25) is 5.91 Å². The lowest BCUT2D eigenvalue weighted by molar-refractivity contribution is -0.143. The maximum absolute atomic E-state index is 13.2. The number of amides is 2. The van der Waals surface area contributed by atoms with E-state index in [-0.39, 0.29) is 47.5 Å². The number of carbonyl (C=O) groups excluding carboxylic acids is 2. The van der Waals surface area contributed by atoms with E-state index in [0.717, 1.165) is 38.5 Å². The number of hydrogen-bond donors (Lipinski definition) is 3. The fourth-order valence-electron chi connectivity index (χ4n) is 10.4. The maximum Gasteiger partial charge on any atom is 0.416 e. The third-order valence-electron chi connectivity index (χ3n) is 12.8. The van der Waals surface area contributed by atoms with E-state index in [1.165, 1.54) is 24.0 Å². The molecule has 4 aliphatic carbocycles. The number of halogens is 6. The zero-order valence-corrected chi connectivity index (χ0v) is 28.3. The highest BCUT2D eigenvalue weighted by Gasteiger charge is 2.60. The minimum absolute atomic E-state index is 0.0118. The van der Waals surface area contributed by atoms with Gasteiger partial charge in [-0.3, -0.25) is 9.59 Å². The second-order valence-corrected chi connectivity index (χ2v) is 17.1. The van der Waals surface area contributed by atoms with Crippen molar-refractivity contribution >= 4 is 21.8 Å². The lowest BCUT2D eigenvalue weighted by Gasteiger charge is -2.61. The molecule has 0 heterocycles. The van der Waals surface area contributed by atoms with Gasteiger partial charge >= 0.3 is 12.4 Å². The molecule has 4 aliphatic rings. The largest absolute Gasteiger partial charge is 0.416 e. The van der Waals surface area contributed by atoms with Crippen LogP contribution in [-0.4, -0.2) is 38.0 Å². The van der Waals surface area contributed by atoms with Gasteiger partial charge in [-0.1, -0.05) is 20.8 Å². The van der Waals surface area contributed by atoms with Crippen molar-refractivity contribution < 1.29 is 49.5 Å². The molecule has 9 atom stereocenters. The fraction of sp³-hybridized carbons (Fsp3) is 0.765. The van der Waals surface area contributed by atoms with Crippen molar-refractivity contribution in [3.63, 3.8) is 0 Å². The van der Waals surface area contributed by atoms with Crippen LogP contribution in [0.15, 0.2) is 23.1 Å². The molecule has 1 aromatic rings. The minimum atomic E-state index is -5.27. The molecule has 7 nitrogen and oxygen atoms in total. The van der Waals surface area contributed by atoms with Crippen LogP contribution in [0.1, 0.15) is 103 Å². The van der Waals surface area contributed by atoms with E-state index in [4.69, 9.17) is 0 Å². The average Bonchev–Trinajstić information content (AvgIpc) is 3.35. The normalized spacial score (nSPS) is 34.4. The Morgan fingerprint density at radius 2 is 1.48 bits per heavy atom. The molecule has 270 valence electrons. The summed E-state index contributed by atoms with van der Waals surface area (Å²) in [5.41, 5.74) is -3.22. The van der Waals surface area contributed by atoms with Gasteiger partial charge in [0.1, 0.15) is 0 Å². The Kier molecular flexibility index (Phi) is 10.1. The molecular weight excluding hydrogens is 662 g/mol. The van der Waals surface area contributed by atoms with Crippen LogP contribution in [0.4, 0.5) is 26.3 Å². The maximum atomic E-state index is 13.2. The molecule has 0 radical (unpaired) electrons. The van der Waals surface area contributed by atoms with Gasteiger partial charge in [-0.25, -0.2) is 13.1 Å². The number of aliphatic hydroxyl groups excluding tert-OH is 1. The molecular formula is C34H46F6N2O5S. The molecule has 0 spiro atoms. The SMILES string of the molecule is C[C@H](CCC(=O)NCC(=O)NS(=O)(=O)c1cc(C(F)(F)F)cc(C(F)(F)F)c1)[C@H]1CC[C@H]2[C@@H]3CC[C@@H]4C[C@H](O)CC[C@]4(C)[C@H]3CC[C@]12C. The van der Waals surface area contributed by atoms with Crippen LogP contribution >= 0.6 is 0 Å². The van der Waals surface area contributed by atoms with Crippen LogP contribution in [0.25, 0.3) is 0 Å². The third kappa shape index (κ3) is 7.25. The summed E-state index contributed by atoms with van der Waals surface area (Å²) in [6.07, 6.45) is -0.261. The van der Waals surface area contributed by atoms with Crippen molar-refractivity contribution in [3.05, 3.63) is 29.3 Å². The van der Waals surface area contributed by atoms with E-state index in [1.54, 1.807) is 0 Å². The average molecular weight is 709 g/mol. The third-order valence-corrected chi connectivity index (χ3v) is 14.1. The van der Waals surface area contributed by atoms with E-state index in [1.807, 2.05) is 0 Å². The number of hydrogen-bond acceptors (Lipinski definition) is 5. The predicted molar refractivity (Wildman–Crippen MR) is 164 cm³/mol. The predicted octanol–water partition coefficient (Wildman–Crippen LogP) is 7.08. The van der Waals surface area contributed by atoms with Crippen molar-refractivity contribution in [1.82, 2.24) is 10.0 Å². The van der Waals surface area contributed by atoms with Crippen LogP contribution in [0.3, 0.4) is 0 Å². The highest BCUT2D eigenvalue weighted by Crippen LogP contribution is 2.68. The Morgan fingerprint density at radius 3 is 2.10 bits per heavy atom. The Bertz CT molecular complexity index is 1470. The van der Waals surface area contributed by atoms with Gasteiger partial charge in [0, 0.05) is 6.42 Å². The van der Waals surface area contributed by atoms with Gasteiger partial charge < -0.3 is 10.4 Å². The second kappa shape index (κ2) is 13.1. The molecule has 0 aromatic heterocycles. The lowest BCUT2D eigenvalue weighted by Crippen LogP contribution is -2.54. The monoisotopic (exact) mass is 708 g/mol. The topological polar surface area (TPSA) is 113 Å². The van der Waals surface area contributed by atoms with Crippen LogP contribution in [0.2, 0.25) is 0 Å². The van der Waals surface area contributed by atoms with Crippen molar-refractivity contribution in [2.45, 2.75) is 115 Å². The zero-order valence-electron chi connectivity index (χ0n) is 27.5. The molecule has 0 aliphatic heterocycles. The van der Waals surface area contributed by atoms with Gasteiger partial charge in [0.05, 0.1) is 28.7 Å². The first kappa shape index (κ1) is 36.9. The summed E-state index contributed by atoms with van der Waals surface area (Å²) in [5.74, 6) is 1.39. The summed E-state index contributed by atoms with van der Waals surface area (Å²) >= 11 is 0. The van der Waals surface area contributed by atoms with E-state index in [9.17, 15) is 49.5 Å². The zero-order chi connectivity index (χ0) is 35.4. The number of sulfonamides is 1. The first-order valence-electron chi connectivity index (χ1n) is 16.9. The van der Waals surface area contributed by atoms with Gasteiger partial charge in [0.25, 0.3) is 15.9 Å². The molecule has 5 rings (SSSR count). The molecule has 2 amide bonds. The summed E-state index contributed by atoms with van der Waals surface area (Å²) in [4.78, 5) is 23.6. The van der Waals surface area contributed by atoms with Crippen molar-refractivity contribution in [3.8, 4) is 0 Å². The molecule has 4 saturated carbocycles. The molecule has 14 heteroatoms. The molecule has 0 bridgehead atoms. The van der Waals surface area contributed by atoms with Crippen LogP contribution in [0.5, 0.6) is 0 Å². The highest BCUT2D eigenvalue weighted by molar-refractivity contribution is 7.90. The highest BCUT2D eigenvalue weighted by atomic mass is 32.2. The van der Waals surface area contributed by atoms with Crippen LogP contribution in [0, 0.1) is 46.3 Å². The summed E-state index contributed by atoms with van der Waals surface area (Å²) in [5, 5.41) is 12.6.